The van der Waals surface area contributed by atoms with Gasteiger partial charge in [0.15, 0.2) is 0 Å². The summed E-state index contributed by atoms with van der Waals surface area (Å²) >= 11 is 0. The van der Waals surface area contributed by atoms with Gasteiger partial charge in [0.1, 0.15) is 0 Å². The topological polar surface area (TPSA) is 40.5 Å². The minimum Gasteiger partial charge on any atom is -0.394 e. The average Bonchev–Trinajstić information content (AvgIpc) is 1.83. The summed E-state index contributed by atoms with van der Waals surface area (Å²) in [5.41, 5.74) is 0. The second kappa shape index (κ2) is 4.81. The highest BCUT2D eigenvalue weighted by Crippen LogP contribution is 1.89. The van der Waals surface area contributed by atoms with Gasteiger partial charge in [0, 0.05) is 0 Å². The van der Waals surface area contributed by atoms with Gasteiger partial charge in [-0.1, -0.05) is 12.2 Å². The molecular formula is C6H12O2. The Kier molecular flexibility index (Phi) is 4.61. The van der Waals surface area contributed by atoms with Crippen molar-refractivity contribution in [2.75, 3.05) is 6.61 Å². The number of rotatable bonds is 3. The molecule has 0 saturated heterocycles. The minimum absolute atomic E-state index is 0.148. The van der Waals surface area contributed by atoms with E-state index < -0.39 is 6.10 Å². The van der Waals surface area contributed by atoms with E-state index in [1.165, 1.54) is 0 Å². The Morgan fingerprint density at radius 2 is 2.25 bits per heavy atom. The Morgan fingerprint density at radius 3 is 2.62 bits per heavy atom. The Labute approximate surface area is 49.5 Å². The van der Waals surface area contributed by atoms with Crippen LogP contribution in [0.1, 0.15) is 13.3 Å². The first-order chi connectivity index (χ1) is 3.81. The smallest absolute Gasteiger partial charge is 0.0805 e. The normalized spacial score (nSPS) is 14.9. The molecule has 48 valence electrons. The van der Waals surface area contributed by atoms with Crippen LogP contribution in [0.4, 0.5) is 0 Å². The first-order valence-electron chi connectivity index (χ1n) is 2.71. The zero-order valence-electron chi connectivity index (χ0n) is 5.04. The van der Waals surface area contributed by atoms with Crippen molar-refractivity contribution in [3.8, 4) is 0 Å². The highest BCUT2D eigenvalue weighted by Gasteiger charge is 1.94. The van der Waals surface area contributed by atoms with Crippen LogP contribution < -0.4 is 0 Å². The van der Waals surface area contributed by atoms with Crippen LogP contribution in [0.25, 0.3) is 0 Å². The molecule has 0 aromatic carbocycles. The van der Waals surface area contributed by atoms with Crippen molar-refractivity contribution in [3.05, 3.63) is 12.2 Å². The van der Waals surface area contributed by atoms with Crippen molar-refractivity contribution in [2.45, 2.75) is 19.4 Å². The summed E-state index contributed by atoms with van der Waals surface area (Å²) < 4.78 is 0. The maximum Gasteiger partial charge on any atom is 0.0805 e. The Hall–Kier alpha value is -0.340. The summed E-state index contributed by atoms with van der Waals surface area (Å²) in [6.07, 6.45) is 3.64. The quantitative estimate of drug-likeness (QED) is 0.521. The van der Waals surface area contributed by atoms with Crippen LogP contribution >= 0.6 is 0 Å². The monoisotopic (exact) mass is 116 g/mol. The molecule has 0 amide bonds. The number of hydrogen-bond acceptors (Lipinski definition) is 2. The summed E-state index contributed by atoms with van der Waals surface area (Å²) in [7, 11) is 0. The van der Waals surface area contributed by atoms with Gasteiger partial charge in [-0.3, -0.25) is 0 Å². The van der Waals surface area contributed by atoms with Crippen LogP contribution in [0, 0.1) is 0 Å². The lowest BCUT2D eigenvalue weighted by atomic mass is 10.2. The zero-order chi connectivity index (χ0) is 6.41. The molecule has 0 aliphatic carbocycles. The molecule has 0 aliphatic heterocycles. The van der Waals surface area contributed by atoms with Gasteiger partial charge in [-0.05, 0) is 13.3 Å². The molecule has 0 heterocycles. The third-order valence-electron chi connectivity index (χ3n) is 0.855. The number of aliphatic hydroxyl groups excluding tert-OH is 2. The van der Waals surface area contributed by atoms with Gasteiger partial charge in [-0.2, -0.15) is 0 Å². The molecule has 1 unspecified atom stereocenters. The summed E-state index contributed by atoms with van der Waals surface area (Å²) in [6, 6.07) is 0. The lowest BCUT2D eigenvalue weighted by molar-refractivity contribution is 0.0976. The van der Waals surface area contributed by atoms with E-state index in [4.69, 9.17) is 10.2 Å². The van der Waals surface area contributed by atoms with E-state index in [2.05, 4.69) is 0 Å². The zero-order valence-corrected chi connectivity index (χ0v) is 5.04. The molecule has 0 rings (SSSR count). The molecule has 2 nitrogen and oxygen atoms in total. The Balaban J connectivity index is 3.10. The second-order valence-corrected chi connectivity index (χ2v) is 1.64. The Bertz CT molecular complexity index is 68.9. The maximum absolute atomic E-state index is 8.69. The predicted molar refractivity (Wildman–Crippen MR) is 32.5 cm³/mol. The molecule has 0 aliphatic rings. The fourth-order valence-electron chi connectivity index (χ4n) is 0.368. The lowest BCUT2D eigenvalue weighted by Gasteiger charge is -1.99. The average molecular weight is 116 g/mol. The fraction of sp³-hybridized carbons (Fsp3) is 0.667. The molecule has 0 aromatic rings. The molecule has 0 spiro atoms. The molecule has 0 saturated carbocycles. The van der Waals surface area contributed by atoms with Gasteiger partial charge in [0.25, 0.3) is 0 Å². The third kappa shape index (κ3) is 3.84. The summed E-state index contributed by atoms with van der Waals surface area (Å²) in [5, 5.41) is 17.0. The molecule has 0 aromatic heterocycles. The van der Waals surface area contributed by atoms with Gasteiger partial charge in [-0.15, -0.1) is 0 Å². The molecular weight excluding hydrogens is 104 g/mol. The highest BCUT2D eigenvalue weighted by molar-refractivity contribution is 4.79. The van der Waals surface area contributed by atoms with Crippen LogP contribution in [-0.2, 0) is 0 Å². The van der Waals surface area contributed by atoms with E-state index in [0.717, 1.165) is 0 Å². The largest absolute Gasteiger partial charge is 0.394 e. The molecule has 2 N–H and O–H groups in total. The van der Waals surface area contributed by atoms with Gasteiger partial charge in [-0.25, -0.2) is 0 Å². The molecule has 2 heteroatoms. The molecule has 8 heavy (non-hydrogen) atoms. The van der Waals surface area contributed by atoms with Gasteiger partial charge < -0.3 is 10.2 Å². The van der Waals surface area contributed by atoms with Crippen LogP contribution in [0.5, 0.6) is 0 Å². The molecule has 0 radical (unpaired) electrons. The van der Waals surface area contributed by atoms with Crippen LogP contribution in [-0.4, -0.2) is 22.9 Å². The van der Waals surface area contributed by atoms with E-state index in [0.29, 0.717) is 6.42 Å². The first kappa shape index (κ1) is 7.66. The van der Waals surface area contributed by atoms with E-state index in [-0.39, 0.29) is 6.61 Å². The standard InChI is InChI=1S/C6H12O2/c1-2-3-4-6(8)5-7/h2-3,6-8H,4-5H2,1H3. The van der Waals surface area contributed by atoms with Crippen molar-refractivity contribution < 1.29 is 10.2 Å². The van der Waals surface area contributed by atoms with Gasteiger partial charge in [0.05, 0.1) is 12.7 Å². The van der Waals surface area contributed by atoms with E-state index in [9.17, 15) is 0 Å². The SMILES string of the molecule is CC=CCC(O)CO. The number of hydrogen-bond donors (Lipinski definition) is 2. The van der Waals surface area contributed by atoms with E-state index in [1.54, 1.807) is 0 Å². The third-order valence-corrected chi connectivity index (χ3v) is 0.855. The van der Waals surface area contributed by atoms with Crippen molar-refractivity contribution in [3.63, 3.8) is 0 Å². The molecule has 1 atom stereocenters. The van der Waals surface area contributed by atoms with Crippen molar-refractivity contribution in [1.29, 1.82) is 0 Å². The summed E-state index contributed by atoms with van der Waals surface area (Å²) in [4.78, 5) is 0. The van der Waals surface area contributed by atoms with Gasteiger partial charge in [0.2, 0.25) is 0 Å². The summed E-state index contributed by atoms with van der Waals surface area (Å²) in [5.74, 6) is 0. The maximum atomic E-state index is 8.69. The fourth-order valence-corrected chi connectivity index (χ4v) is 0.368. The van der Waals surface area contributed by atoms with Crippen LogP contribution in [0.15, 0.2) is 12.2 Å². The van der Waals surface area contributed by atoms with Crippen molar-refractivity contribution >= 4 is 0 Å². The Morgan fingerprint density at radius 1 is 1.62 bits per heavy atom. The van der Waals surface area contributed by atoms with Gasteiger partial charge >= 0.3 is 0 Å². The first-order valence-corrected chi connectivity index (χ1v) is 2.71. The van der Waals surface area contributed by atoms with Crippen molar-refractivity contribution in [2.24, 2.45) is 0 Å². The lowest BCUT2D eigenvalue weighted by Crippen LogP contribution is -2.09. The number of allylic oxidation sites excluding steroid dienone is 1. The van der Waals surface area contributed by atoms with E-state index in [1.807, 2.05) is 19.1 Å². The summed E-state index contributed by atoms with van der Waals surface area (Å²) in [6.45, 7) is 1.73. The molecule has 0 bridgehead atoms. The predicted octanol–water partition coefficient (Wildman–Crippen LogP) is 0.306. The van der Waals surface area contributed by atoms with Crippen molar-refractivity contribution in [1.82, 2.24) is 0 Å². The second-order valence-electron chi connectivity index (χ2n) is 1.64. The minimum atomic E-state index is -0.578. The highest BCUT2D eigenvalue weighted by atomic mass is 16.3. The number of aliphatic hydroxyl groups is 2. The van der Waals surface area contributed by atoms with Crippen LogP contribution in [0.2, 0.25) is 0 Å². The van der Waals surface area contributed by atoms with Crippen LogP contribution in [0.3, 0.4) is 0 Å². The van der Waals surface area contributed by atoms with E-state index >= 15 is 0 Å². The molecule has 0 fully saturated rings.